The number of sulfone groups is 1. The third-order valence-corrected chi connectivity index (χ3v) is 9.93. The standard InChI is InChI=1S/C22H25N3O5S3/c1-14-12-15(2)20-19(13-14)23-22(31-20)24-21(26)16-8-10-25(11-9-16)33(29,30)18-6-4-17(5-7-18)32(3,27)28/h4-7,12-13,16H,8-11H2,1-3H3,(H,23,24,26). The molecule has 0 saturated carbocycles. The van der Waals surface area contributed by atoms with Crippen molar-refractivity contribution < 1.29 is 21.6 Å². The average molecular weight is 508 g/mol. The molecule has 0 atom stereocenters. The Bertz CT molecular complexity index is 1420. The van der Waals surface area contributed by atoms with Crippen LogP contribution in [-0.2, 0) is 24.7 Å². The minimum Gasteiger partial charge on any atom is -0.302 e. The maximum atomic E-state index is 12.9. The summed E-state index contributed by atoms with van der Waals surface area (Å²) in [7, 11) is -7.17. The lowest BCUT2D eigenvalue weighted by Crippen LogP contribution is -2.41. The van der Waals surface area contributed by atoms with E-state index in [1.54, 1.807) is 0 Å². The summed E-state index contributed by atoms with van der Waals surface area (Å²) in [4.78, 5) is 17.4. The van der Waals surface area contributed by atoms with E-state index in [2.05, 4.69) is 16.4 Å². The monoisotopic (exact) mass is 507 g/mol. The van der Waals surface area contributed by atoms with Gasteiger partial charge < -0.3 is 5.32 Å². The van der Waals surface area contributed by atoms with Crippen molar-refractivity contribution in [3.05, 3.63) is 47.5 Å². The van der Waals surface area contributed by atoms with E-state index in [9.17, 15) is 21.6 Å². The van der Waals surface area contributed by atoms with E-state index in [-0.39, 0.29) is 34.7 Å². The number of anilines is 1. The molecule has 1 aliphatic rings. The Morgan fingerprint density at radius 1 is 1.03 bits per heavy atom. The Kier molecular flexibility index (Phi) is 6.34. The van der Waals surface area contributed by atoms with Gasteiger partial charge in [0.15, 0.2) is 15.0 Å². The Labute approximate surface area is 197 Å². The number of aromatic nitrogens is 1. The predicted octanol–water partition coefficient (Wildman–Crippen LogP) is 3.36. The van der Waals surface area contributed by atoms with Gasteiger partial charge in [-0.05, 0) is 68.1 Å². The van der Waals surface area contributed by atoms with Gasteiger partial charge in [0, 0.05) is 25.3 Å². The number of hydrogen-bond donors (Lipinski definition) is 1. The number of amides is 1. The minimum atomic E-state index is -3.76. The normalized spacial score (nSPS) is 16.2. The first-order valence-corrected chi connectivity index (χ1v) is 14.6. The Hall–Kier alpha value is -2.34. The van der Waals surface area contributed by atoms with Gasteiger partial charge >= 0.3 is 0 Å². The highest BCUT2D eigenvalue weighted by molar-refractivity contribution is 7.90. The van der Waals surface area contributed by atoms with E-state index in [4.69, 9.17) is 0 Å². The highest BCUT2D eigenvalue weighted by Crippen LogP contribution is 2.31. The van der Waals surface area contributed by atoms with E-state index >= 15 is 0 Å². The molecule has 11 heteroatoms. The topological polar surface area (TPSA) is 114 Å². The highest BCUT2D eigenvalue weighted by Gasteiger charge is 2.32. The molecule has 0 spiro atoms. The first-order valence-electron chi connectivity index (χ1n) is 10.4. The second kappa shape index (κ2) is 8.79. The summed E-state index contributed by atoms with van der Waals surface area (Å²) in [6.45, 7) is 4.45. The Morgan fingerprint density at radius 3 is 2.24 bits per heavy atom. The van der Waals surface area contributed by atoms with Gasteiger partial charge in [-0.2, -0.15) is 4.31 Å². The average Bonchev–Trinajstić information content (AvgIpc) is 3.16. The number of nitrogens with zero attached hydrogens (tertiary/aromatic N) is 2. The lowest BCUT2D eigenvalue weighted by Gasteiger charge is -2.30. The van der Waals surface area contributed by atoms with Crippen LogP contribution in [0.2, 0.25) is 0 Å². The molecule has 2 aromatic carbocycles. The first kappa shape index (κ1) is 23.8. The van der Waals surface area contributed by atoms with Crippen molar-refractivity contribution in [2.24, 2.45) is 5.92 Å². The zero-order valence-electron chi connectivity index (χ0n) is 18.5. The summed E-state index contributed by atoms with van der Waals surface area (Å²) in [5.74, 6) is -0.461. The van der Waals surface area contributed by atoms with Crippen LogP contribution in [0.5, 0.6) is 0 Å². The molecule has 1 aromatic heterocycles. The van der Waals surface area contributed by atoms with Gasteiger partial charge in [0.25, 0.3) is 0 Å². The van der Waals surface area contributed by atoms with Crippen LogP contribution in [0.25, 0.3) is 10.2 Å². The lowest BCUT2D eigenvalue weighted by molar-refractivity contribution is -0.120. The molecule has 0 radical (unpaired) electrons. The largest absolute Gasteiger partial charge is 0.302 e. The van der Waals surface area contributed by atoms with Crippen molar-refractivity contribution in [3.63, 3.8) is 0 Å². The van der Waals surface area contributed by atoms with E-state index in [0.29, 0.717) is 18.0 Å². The molecule has 1 saturated heterocycles. The van der Waals surface area contributed by atoms with Crippen LogP contribution >= 0.6 is 11.3 Å². The van der Waals surface area contributed by atoms with Gasteiger partial charge in [-0.25, -0.2) is 21.8 Å². The zero-order valence-corrected chi connectivity index (χ0v) is 21.0. The zero-order chi connectivity index (χ0) is 24.0. The number of carbonyl (C=O) groups is 1. The molecular formula is C22H25N3O5S3. The summed E-state index contributed by atoms with van der Waals surface area (Å²) in [5, 5.41) is 3.44. The van der Waals surface area contributed by atoms with E-state index in [1.807, 2.05) is 19.9 Å². The van der Waals surface area contributed by atoms with Crippen LogP contribution in [0.4, 0.5) is 5.13 Å². The molecule has 8 nitrogen and oxygen atoms in total. The fourth-order valence-electron chi connectivity index (χ4n) is 4.00. The third kappa shape index (κ3) is 4.96. The van der Waals surface area contributed by atoms with Gasteiger partial charge in [-0.15, -0.1) is 0 Å². The van der Waals surface area contributed by atoms with Crippen LogP contribution in [0.15, 0.2) is 46.2 Å². The minimum absolute atomic E-state index is 0.0398. The number of rotatable bonds is 5. The van der Waals surface area contributed by atoms with Gasteiger partial charge in [-0.3, -0.25) is 4.79 Å². The molecule has 176 valence electrons. The predicted molar refractivity (Wildman–Crippen MR) is 129 cm³/mol. The number of nitrogens with one attached hydrogen (secondary N) is 1. The Balaban J connectivity index is 1.41. The van der Waals surface area contributed by atoms with E-state index < -0.39 is 19.9 Å². The summed E-state index contributed by atoms with van der Waals surface area (Å²) in [6.07, 6.45) is 1.87. The molecular weight excluding hydrogens is 482 g/mol. The number of hydrogen-bond acceptors (Lipinski definition) is 7. The SMILES string of the molecule is Cc1cc(C)c2sc(NC(=O)C3CCN(S(=O)(=O)c4ccc(S(C)(=O)=O)cc4)CC3)nc2c1. The van der Waals surface area contributed by atoms with E-state index in [0.717, 1.165) is 27.6 Å². The number of benzene rings is 2. The third-order valence-electron chi connectivity index (χ3n) is 5.76. The molecule has 1 amide bonds. The molecule has 0 bridgehead atoms. The maximum Gasteiger partial charge on any atom is 0.243 e. The lowest BCUT2D eigenvalue weighted by atomic mass is 9.97. The molecule has 2 heterocycles. The number of aryl methyl sites for hydroxylation is 2. The van der Waals surface area contributed by atoms with Gasteiger partial charge in [0.05, 0.1) is 20.0 Å². The maximum absolute atomic E-state index is 12.9. The van der Waals surface area contributed by atoms with Crippen molar-refractivity contribution in [3.8, 4) is 0 Å². The number of sulfonamides is 1. The molecule has 33 heavy (non-hydrogen) atoms. The van der Waals surface area contributed by atoms with Crippen LogP contribution in [-0.4, -0.2) is 51.4 Å². The Morgan fingerprint density at radius 2 is 1.64 bits per heavy atom. The summed E-state index contributed by atoms with van der Waals surface area (Å²) in [5.41, 5.74) is 3.09. The number of piperidine rings is 1. The van der Waals surface area contributed by atoms with Crippen molar-refractivity contribution in [2.75, 3.05) is 24.7 Å². The highest BCUT2D eigenvalue weighted by atomic mass is 32.2. The van der Waals surface area contributed by atoms with Gasteiger partial charge in [0.1, 0.15) is 0 Å². The molecule has 4 rings (SSSR count). The number of carbonyl (C=O) groups excluding carboxylic acids is 1. The fourth-order valence-corrected chi connectivity index (χ4v) is 7.02. The molecule has 0 aliphatic carbocycles. The molecule has 1 N–H and O–H groups in total. The summed E-state index contributed by atoms with van der Waals surface area (Å²) < 4.78 is 51.5. The molecule has 0 unspecified atom stereocenters. The van der Waals surface area contributed by atoms with Crippen molar-refractivity contribution in [1.29, 1.82) is 0 Å². The van der Waals surface area contributed by atoms with Crippen molar-refractivity contribution >= 4 is 52.5 Å². The fraction of sp³-hybridized carbons (Fsp3) is 0.364. The molecule has 1 fully saturated rings. The van der Waals surface area contributed by atoms with Crippen LogP contribution in [0.1, 0.15) is 24.0 Å². The summed E-state index contributed by atoms with van der Waals surface area (Å²) in [6, 6.07) is 9.27. The second-order valence-corrected chi connectivity index (χ2v) is 13.3. The first-order chi connectivity index (χ1) is 15.4. The number of fused-ring (bicyclic) bond motifs is 1. The van der Waals surface area contributed by atoms with E-state index in [1.165, 1.54) is 39.9 Å². The second-order valence-electron chi connectivity index (χ2n) is 8.36. The van der Waals surface area contributed by atoms with Crippen molar-refractivity contribution in [2.45, 2.75) is 36.5 Å². The van der Waals surface area contributed by atoms with Crippen LogP contribution < -0.4 is 5.32 Å². The number of thiazole rings is 1. The summed E-state index contributed by atoms with van der Waals surface area (Å²) >= 11 is 1.44. The van der Waals surface area contributed by atoms with Crippen LogP contribution in [0, 0.1) is 19.8 Å². The quantitative estimate of drug-likeness (QED) is 0.567. The smallest absolute Gasteiger partial charge is 0.243 e. The molecule has 1 aliphatic heterocycles. The molecule has 3 aromatic rings. The van der Waals surface area contributed by atoms with Crippen molar-refractivity contribution in [1.82, 2.24) is 9.29 Å². The van der Waals surface area contributed by atoms with Gasteiger partial charge in [-0.1, -0.05) is 17.4 Å². The van der Waals surface area contributed by atoms with Gasteiger partial charge in [0.2, 0.25) is 15.9 Å². The van der Waals surface area contributed by atoms with Crippen LogP contribution in [0.3, 0.4) is 0 Å².